The van der Waals surface area contributed by atoms with Crippen molar-refractivity contribution in [2.24, 2.45) is 0 Å². The van der Waals surface area contributed by atoms with E-state index in [9.17, 15) is 0 Å². The van der Waals surface area contributed by atoms with Gasteiger partial charge in [-0.2, -0.15) is 5.10 Å². The van der Waals surface area contributed by atoms with Gasteiger partial charge in [0.25, 0.3) is 0 Å². The summed E-state index contributed by atoms with van der Waals surface area (Å²) in [6.07, 6.45) is 1.69. The van der Waals surface area contributed by atoms with E-state index < -0.39 is 0 Å². The summed E-state index contributed by atoms with van der Waals surface area (Å²) in [7, 11) is 0. The van der Waals surface area contributed by atoms with E-state index in [1.165, 1.54) is 0 Å². The summed E-state index contributed by atoms with van der Waals surface area (Å²) in [5.41, 5.74) is 0.913. The average molecular weight is 200 g/mol. The van der Waals surface area contributed by atoms with E-state index in [1.54, 1.807) is 6.08 Å². The lowest BCUT2D eigenvalue weighted by Crippen LogP contribution is -1.99. The summed E-state index contributed by atoms with van der Waals surface area (Å²) in [5.74, 6) is 0.566. The van der Waals surface area contributed by atoms with Crippen LogP contribution in [0.1, 0.15) is 5.69 Å². The summed E-state index contributed by atoms with van der Waals surface area (Å²) in [6.45, 7) is 5.98. The molecule has 0 bridgehead atoms. The van der Waals surface area contributed by atoms with Crippen molar-refractivity contribution in [2.45, 2.75) is 6.92 Å². The van der Waals surface area contributed by atoms with Crippen LogP contribution in [0.2, 0.25) is 0 Å². The van der Waals surface area contributed by atoms with E-state index in [2.05, 4.69) is 16.8 Å². The number of fused-ring (bicyclic) bond motifs is 1. The lowest BCUT2D eigenvalue weighted by molar-refractivity contribution is 0.349. The van der Waals surface area contributed by atoms with Crippen molar-refractivity contribution >= 4 is 10.8 Å². The summed E-state index contributed by atoms with van der Waals surface area (Å²) >= 11 is 0. The van der Waals surface area contributed by atoms with Crippen LogP contribution in [-0.4, -0.2) is 16.8 Å². The Morgan fingerprint density at radius 2 is 2.00 bits per heavy atom. The van der Waals surface area contributed by atoms with E-state index in [-0.39, 0.29) is 0 Å². The van der Waals surface area contributed by atoms with Crippen molar-refractivity contribution in [1.82, 2.24) is 10.2 Å². The van der Waals surface area contributed by atoms with Crippen molar-refractivity contribution in [3.8, 4) is 5.88 Å². The molecule has 2 rings (SSSR count). The molecule has 0 amide bonds. The molecule has 0 radical (unpaired) electrons. The van der Waals surface area contributed by atoms with Gasteiger partial charge >= 0.3 is 0 Å². The highest BCUT2D eigenvalue weighted by molar-refractivity contribution is 5.88. The minimum absolute atomic E-state index is 0.446. The molecule has 3 heteroatoms. The molecule has 0 unspecified atom stereocenters. The maximum Gasteiger partial charge on any atom is 0.241 e. The summed E-state index contributed by atoms with van der Waals surface area (Å²) in [6, 6.07) is 7.94. The number of hydrogen-bond donors (Lipinski definition) is 0. The maximum atomic E-state index is 5.43. The molecule has 1 aromatic carbocycles. The third kappa shape index (κ3) is 1.81. The number of hydrogen-bond acceptors (Lipinski definition) is 3. The van der Waals surface area contributed by atoms with Crippen LogP contribution in [0, 0.1) is 6.92 Å². The zero-order chi connectivity index (χ0) is 10.7. The minimum atomic E-state index is 0.446. The van der Waals surface area contributed by atoms with Gasteiger partial charge in [-0.15, -0.1) is 5.10 Å². The highest BCUT2D eigenvalue weighted by Gasteiger charge is 2.05. The molecule has 15 heavy (non-hydrogen) atoms. The Labute approximate surface area is 88.4 Å². The van der Waals surface area contributed by atoms with Crippen molar-refractivity contribution in [1.29, 1.82) is 0 Å². The van der Waals surface area contributed by atoms with E-state index in [0.717, 1.165) is 16.5 Å². The number of aryl methyl sites for hydroxylation is 1. The predicted octanol–water partition coefficient (Wildman–Crippen LogP) is 2.50. The Bertz CT molecular complexity index is 494. The van der Waals surface area contributed by atoms with Gasteiger partial charge in [0.2, 0.25) is 5.88 Å². The number of benzene rings is 1. The van der Waals surface area contributed by atoms with Gasteiger partial charge in [0.05, 0.1) is 5.69 Å². The normalized spacial score (nSPS) is 10.2. The van der Waals surface area contributed by atoms with Gasteiger partial charge in [-0.3, -0.25) is 0 Å². The zero-order valence-corrected chi connectivity index (χ0v) is 8.60. The fraction of sp³-hybridized carbons (Fsp3) is 0.167. The van der Waals surface area contributed by atoms with Crippen LogP contribution < -0.4 is 4.74 Å². The second kappa shape index (κ2) is 4.09. The van der Waals surface area contributed by atoms with Crippen LogP contribution in [0.25, 0.3) is 10.8 Å². The molecule has 2 aromatic rings. The fourth-order valence-corrected chi connectivity index (χ4v) is 1.46. The molecule has 0 aliphatic heterocycles. The van der Waals surface area contributed by atoms with Crippen LogP contribution >= 0.6 is 0 Å². The van der Waals surface area contributed by atoms with Gasteiger partial charge in [0.1, 0.15) is 6.61 Å². The van der Waals surface area contributed by atoms with Crippen LogP contribution in [0.5, 0.6) is 5.88 Å². The fourth-order valence-electron chi connectivity index (χ4n) is 1.46. The van der Waals surface area contributed by atoms with Gasteiger partial charge < -0.3 is 4.74 Å². The van der Waals surface area contributed by atoms with Crippen molar-refractivity contribution in [2.75, 3.05) is 6.61 Å². The van der Waals surface area contributed by atoms with Crippen LogP contribution in [0.15, 0.2) is 36.9 Å². The van der Waals surface area contributed by atoms with E-state index in [4.69, 9.17) is 4.74 Å². The quantitative estimate of drug-likeness (QED) is 0.714. The molecule has 76 valence electrons. The average Bonchev–Trinajstić information content (AvgIpc) is 2.29. The number of ether oxygens (including phenoxy) is 1. The topological polar surface area (TPSA) is 35.0 Å². The molecule has 1 aromatic heterocycles. The summed E-state index contributed by atoms with van der Waals surface area (Å²) in [4.78, 5) is 0. The SMILES string of the molecule is C=CCOc1nnc(C)c2ccccc12. The molecule has 0 spiro atoms. The van der Waals surface area contributed by atoms with Gasteiger partial charge in [0, 0.05) is 10.8 Å². The first-order chi connectivity index (χ1) is 7.33. The molecule has 0 saturated carbocycles. The van der Waals surface area contributed by atoms with Crippen molar-refractivity contribution in [3.63, 3.8) is 0 Å². The molecule has 0 atom stereocenters. The summed E-state index contributed by atoms with van der Waals surface area (Å²) < 4.78 is 5.43. The molecular weight excluding hydrogens is 188 g/mol. The summed E-state index contributed by atoms with van der Waals surface area (Å²) in [5, 5.41) is 10.1. The number of rotatable bonds is 3. The Morgan fingerprint density at radius 3 is 2.73 bits per heavy atom. The van der Waals surface area contributed by atoms with Crippen LogP contribution in [-0.2, 0) is 0 Å². The molecule has 0 fully saturated rings. The second-order valence-electron chi connectivity index (χ2n) is 3.24. The van der Waals surface area contributed by atoms with E-state index in [0.29, 0.717) is 12.5 Å². The smallest absolute Gasteiger partial charge is 0.241 e. The van der Waals surface area contributed by atoms with Crippen molar-refractivity contribution in [3.05, 3.63) is 42.6 Å². The van der Waals surface area contributed by atoms with E-state index in [1.807, 2.05) is 31.2 Å². The number of nitrogens with zero attached hydrogens (tertiary/aromatic N) is 2. The number of aromatic nitrogens is 2. The lowest BCUT2D eigenvalue weighted by Gasteiger charge is -2.06. The molecule has 0 N–H and O–H groups in total. The molecule has 0 aliphatic rings. The van der Waals surface area contributed by atoms with Gasteiger partial charge in [0.15, 0.2) is 0 Å². The third-order valence-corrected chi connectivity index (χ3v) is 2.18. The Morgan fingerprint density at radius 1 is 1.27 bits per heavy atom. The first-order valence-electron chi connectivity index (χ1n) is 4.78. The zero-order valence-electron chi connectivity index (χ0n) is 8.60. The van der Waals surface area contributed by atoms with Gasteiger partial charge in [-0.05, 0) is 13.0 Å². The highest BCUT2D eigenvalue weighted by atomic mass is 16.5. The van der Waals surface area contributed by atoms with Crippen LogP contribution in [0.4, 0.5) is 0 Å². The first-order valence-corrected chi connectivity index (χ1v) is 4.78. The predicted molar refractivity (Wildman–Crippen MR) is 60.0 cm³/mol. The Balaban J connectivity index is 2.56. The highest BCUT2D eigenvalue weighted by Crippen LogP contribution is 2.23. The largest absolute Gasteiger partial charge is 0.472 e. The standard InChI is InChI=1S/C12H12N2O/c1-3-8-15-12-11-7-5-4-6-10(11)9(2)13-14-12/h3-7H,1,8H2,2H3. The molecule has 0 aliphatic carbocycles. The second-order valence-corrected chi connectivity index (χ2v) is 3.24. The molecule has 3 nitrogen and oxygen atoms in total. The first kappa shape index (κ1) is 9.65. The minimum Gasteiger partial charge on any atom is -0.472 e. The molecule has 1 heterocycles. The van der Waals surface area contributed by atoms with Gasteiger partial charge in [-0.1, -0.05) is 30.9 Å². The Kier molecular flexibility index (Phi) is 2.63. The van der Waals surface area contributed by atoms with Crippen molar-refractivity contribution < 1.29 is 4.74 Å². The third-order valence-electron chi connectivity index (χ3n) is 2.18. The van der Waals surface area contributed by atoms with E-state index >= 15 is 0 Å². The van der Waals surface area contributed by atoms with Gasteiger partial charge in [-0.25, -0.2) is 0 Å². The monoisotopic (exact) mass is 200 g/mol. The van der Waals surface area contributed by atoms with Crippen LogP contribution in [0.3, 0.4) is 0 Å². The Hall–Kier alpha value is -1.90. The maximum absolute atomic E-state index is 5.43. The molecule has 0 saturated heterocycles. The lowest BCUT2D eigenvalue weighted by atomic mass is 10.1. The molecular formula is C12H12N2O.